The Kier molecular flexibility index (Phi) is 4.25. The first-order chi connectivity index (χ1) is 9.44. The molecule has 5 nitrogen and oxygen atoms in total. The molecule has 0 radical (unpaired) electrons. The summed E-state index contributed by atoms with van der Waals surface area (Å²) in [5.41, 5.74) is 2.74. The number of nitrogens with one attached hydrogen (secondary N) is 1. The van der Waals surface area contributed by atoms with Crippen molar-refractivity contribution in [1.29, 1.82) is 0 Å². The highest BCUT2D eigenvalue weighted by atomic mass is 32.2. The molecule has 0 spiro atoms. The van der Waals surface area contributed by atoms with Crippen molar-refractivity contribution in [2.75, 3.05) is 0 Å². The average molecular weight is 293 g/mol. The molecule has 1 aromatic carbocycles. The van der Waals surface area contributed by atoms with E-state index in [1.54, 1.807) is 11.6 Å². The van der Waals surface area contributed by atoms with E-state index in [9.17, 15) is 8.42 Å². The Morgan fingerprint density at radius 3 is 2.40 bits per heavy atom. The highest BCUT2D eigenvalue weighted by Crippen LogP contribution is 2.14. The largest absolute Gasteiger partial charge is 0.269 e. The van der Waals surface area contributed by atoms with Crippen LogP contribution in [0.4, 0.5) is 0 Å². The molecule has 0 amide bonds. The van der Waals surface area contributed by atoms with Gasteiger partial charge in [-0.25, -0.2) is 13.1 Å². The Labute approximate surface area is 119 Å². The first-order valence-corrected chi connectivity index (χ1v) is 8.00. The van der Waals surface area contributed by atoms with Crippen LogP contribution in [0.15, 0.2) is 35.4 Å². The maximum absolute atomic E-state index is 12.3. The summed E-state index contributed by atoms with van der Waals surface area (Å²) in [5, 5.41) is 4.06. The van der Waals surface area contributed by atoms with E-state index in [-0.39, 0.29) is 11.4 Å². The van der Waals surface area contributed by atoms with Crippen molar-refractivity contribution < 1.29 is 8.42 Å². The Bertz CT molecular complexity index is 688. The van der Waals surface area contributed by atoms with Crippen LogP contribution in [-0.2, 0) is 23.1 Å². The summed E-state index contributed by atoms with van der Waals surface area (Å²) in [5.74, 6) is 0. The lowest BCUT2D eigenvalue weighted by Gasteiger charge is -2.07. The van der Waals surface area contributed by atoms with Crippen LogP contribution in [0.5, 0.6) is 0 Å². The van der Waals surface area contributed by atoms with Crippen molar-refractivity contribution in [3.8, 4) is 0 Å². The molecule has 6 heteroatoms. The van der Waals surface area contributed by atoms with Crippen LogP contribution in [0.2, 0.25) is 0 Å². The summed E-state index contributed by atoms with van der Waals surface area (Å²) >= 11 is 0. The van der Waals surface area contributed by atoms with E-state index in [0.29, 0.717) is 12.2 Å². The minimum absolute atomic E-state index is 0.242. The lowest BCUT2D eigenvalue weighted by molar-refractivity contribution is 0.579. The Hall–Kier alpha value is -1.66. The molecule has 2 aromatic rings. The third kappa shape index (κ3) is 3.08. The van der Waals surface area contributed by atoms with E-state index in [1.165, 1.54) is 6.20 Å². The molecule has 0 aliphatic heterocycles. The minimum Gasteiger partial charge on any atom is -0.269 e. The molecule has 0 bridgehead atoms. The topological polar surface area (TPSA) is 64.0 Å². The van der Waals surface area contributed by atoms with Crippen molar-refractivity contribution >= 4 is 10.0 Å². The number of rotatable bonds is 5. The molecule has 0 saturated heterocycles. The third-order valence-corrected chi connectivity index (χ3v) is 4.74. The van der Waals surface area contributed by atoms with Crippen molar-refractivity contribution in [2.45, 2.75) is 38.8 Å². The number of hydrogen-bond donors (Lipinski definition) is 1. The van der Waals surface area contributed by atoms with E-state index in [4.69, 9.17) is 0 Å². The SMILES string of the molecule is CCn1ncc(S(=O)(=O)NCc2ccc(C)cc2)c1C. The Morgan fingerprint density at radius 2 is 1.85 bits per heavy atom. The number of hydrogen-bond acceptors (Lipinski definition) is 3. The van der Waals surface area contributed by atoms with Crippen LogP contribution in [-0.4, -0.2) is 18.2 Å². The van der Waals surface area contributed by atoms with Crippen molar-refractivity contribution in [3.05, 3.63) is 47.3 Å². The second-order valence-corrected chi connectivity index (χ2v) is 6.46. The first kappa shape index (κ1) is 14.7. The number of benzene rings is 1. The predicted molar refractivity (Wildman–Crippen MR) is 77.8 cm³/mol. The maximum atomic E-state index is 12.3. The van der Waals surface area contributed by atoms with Gasteiger partial charge in [0.25, 0.3) is 0 Å². The van der Waals surface area contributed by atoms with E-state index >= 15 is 0 Å². The molecule has 0 atom stereocenters. The van der Waals surface area contributed by atoms with Gasteiger partial charge in [0.05, 0.1) is 11.9 Å². The summed E-state index contributed by atoms with van der Waals surface area (Å²) in [6, 6.07) is 7.76. The fourth-order valence-corrected chi connectivity index (χ4v) is 3.17. The quantitative estimate of drug-likeness (QED) is 0.917. The normalized spacial score (nSPS) is 11.8. The zero-order valence-electron chi connectivity index (χ0n) is 11.9. The summed E-state index contributed by atoms with van der Waals surface area (Å²) in [4.78, 5) is 0.242. The molecule has 20 heavy (non-hydrogen) atoms. The second-order valence-electron chi connectivity index (χ2n) is 4.72. The molecule has 1 heterocycles. The lowest BCUT2D eigenvalue weighted by atomic mass is 10.2. The number of aromatic nitrogens is 2. The molecule has 0 fully saturated rings. The molecule has 0 aliphatic carbocycles. The van der Waals surface area contributed by atoms with Crippen molar-refractivity contribution in [2.24, 2.45) is 0 Å². The van der Waals surface area contributed by atoms with Gasteiger partial charge in [0.2, 0.25) is 10.0 Å². The monoisotopic (exact) mass is 293 g/mol. The summed E-state index contributed by atoms with van der Waals surface area (Å²) in [6.07, 6.45) is 1.40. The molecule has 1 N–H and O–H groups in total. The molecule has 1 aromatic heterocycles. The summed E-state index contributed by atoms with van der Waals surface area (Å²) < 4.78 is 28.8. The zero-order valence-corrected chi connectivity index (χ0v) is 12.7. The standard InChI is InChI=1S/C14H19N3O2S/c1-4-17-12(3)14(10-15-17)20(18,19)16-9-13-7-5-11(2)6-8-13/h5-8,10,16H,4,9H2,1-3H3. The predicted octanol–water partition coefficient (Wildman–Crippen LogP) is 2.00. The highest BCUT2D eigenvalue weighted by Gasteiger charge is 2.19. The first-order valence-electron chi connectivity index (χ1n) is 6.51. The number of sulfonamides is 1. The van der Waals surface area contributed by atoms with Gasteiger partial charge in [-0.15, -0.1) is 0 Å². The Morgan fingerprint density at radius 1 is 1.20 bits per heavy atom. The fraction of sp³-hybridized carbons (Fsp3) is 0.357. The fourth-order valence-electron chi connectivity index (χ4n) is 1.97. The molecular formula is C14H19N3O2S. The summed E-state index contributed by atoms with van der Waals surface area (Å²) in [7, 11) is -3.52. The van der Waals surface area contributed by atoms with Crippen molar-refractivity contribution in [1.82, 2.24) is 14.5 Å². The van der Waals surface area contributed by atoms with Gasteiger partial charge in [-0.1, -0.05) is 29.8 Å². The van der Waals surface area contributed by atoms with Gasteiger partial charge < -0.3 is 0 Å². The van der Waals surface area contributed by atoms with Crippen LogP contribution < -0.4 is 4.72 Å². The molecule has 0 saturated carbocycles. The van der Waals surface area contributed by atoms with E-state index in [1.807, 2.05) is 38.1 Å². The van der Waals surface area contributed by atoms with E-state index in [2.05, 4.69) is 9.82 Å². The van der Waals surface area contributed by atoms with Crippen LogP contribution in [0, 0.1) is 13.8 Å². The Balaban J connectivity index is 2.15. The van der Waals surface area contributed by atoms with Gasteiger partial charge in [-0.2, -0.15) is 5.10 Å². The van der Waals surface area contributed by atoms with Gasteiger partial charge >= 0.3 is 0 Å². The minimum atomic E-state index is -3.52. The van der Waals surface area contributed by atoms with Crippen molar-refractivity contribution in [3.63, 3.8) is 0 Å². The molecule has 0 unspecified atom stereocenters. The van der Waals surface area contributed by atoms with Gasteiger partial charge in [0, 0.05) is 13.1 Å². The van der Waals surface area contributed by atoms with Crippen LogP contribution in [0.3, 0.4) is 0 Å². The molecule has 0 aliphatic rings. The maximum Gasteiger partial charge on any atom is 0.244 e. The third-order valence-electron chi connectivity index (χ3n) is 3.23. The smallest absolute Gasteiger partial charge is 0.244 e. The van der Waals surface area contributed by atoms with Gasteiger partial charge in [-0.3, -0.25) is 4.68 Å². The van der Waals surface area contributed by atoms with Crippen LogP contribution in [0.25, 0.3) is 0 Å². The van der Waals surface area contributed by atoms with Crippen LogP contribution in [0.1, 0.15) is 23.7 Å². The number of nitrogens with zero attached hydrogens (tertiary/aromatic N) is 2. The van der Waals surface area contributed by atoms with E-state index in [0.717, 1.165) is 11.1 Å². The average Bonchev–Trinajstić information content (AvgIpc) is 2.80. The highest BCUT2D eigenvalue weighted by molar-refractivity contribution is 7.89. The molecule has 108 valence electrons. The molecular weight excluding hydrogens is 274 g/mol. The number of aryl methyl sites for hydroxylation is 2. The molecule has 2 rings (SSSR count). The lowest BCUT2D eigenvalue weighted by Crippen LogP contribution is -2.23. The van der Waals surface area contributed by atoms with Gasteiger partial charge in [0.15, 0.2) is 0 Å². The van der Waals surface area contributed by atoms with Gasteiger partial charge in [0.1, 0.15) is 4.90 Å². The second kappa shape index (κ2) is 5.76. The van der Waals surface area contributed by atoms with E-state index < -0.39 is 10.0 Å². The zero-order chi connectivity index (χ0) is 14.8. The summed E-state index contributed by atoms with van der Waals surface area (Å²) in [6.45, 7) is 6.61. The van der Waals surface area contributed by atoms with Gasteiger partial charge in [-0.05, 0) is 26.3 Å². The van der Waals surface area contributed by atoms with Crippen LogP contribution >= 0.6 is 0 Å².